The molecule has 1 aromatic carbocycles. The number of rotatable bonds is 5. The lowest BCUT2D eigenvalue weighted by molar-refractivity contribution is 0.0779. The van der Waals surface area contributed by atoms with Gasteiger partial charge in [-0.05, 0) is 18.1 Å². The van der Waals surface area contributed by atoms with Crippen molar-refractivity contribution in [1.29, 1.82) is 0 Å². The Morgan fingerprint density at radius 1 is 1.28 bits per heavy atom. The summed E-state index contributed by atoms with van der Waals surface area (Å²) in [6.07, 6.45) is 2.03. The summed E-state index contributed by atoms with van der Waals surface area (Å²) in [6, 6.07) is 11.0. The third kappa shape index (κ3) is 4.54. The van der Waals surface area contributed by atoms with E-state index < -0.39 is 9.84 Å². The first-order valence-corrected chi connectivity index (χ1v) is 9.84. The number of hydrogen-bond donors (Lipinski definition) is 1. The molecule has 2 aromatic rings. The average molecular weight is 360 g/mol. The topological polar surface area (TPSA) is 92.3 Å². The van der Waals surface area contributed by atoms with E-state index in [1.165, 1.54) is 6.20 Å². The van der Waals surface area contributed by atoms with Gasteiger partial charge in [0.2, 0.25) is 5.95 Å². The molecule has 0 bridgehead atoms. The molecule has 3 rings (SSSR count). The van der Waals surface area contributed by atoms with Gasteiger partial charge in [-0.2, -0.15) is 0 Å². The van der Waals surface area contributed by atoms with Crippen molar-refractivity contribution in [3.8, 4) is 0 Å². The van der Waals surface area contributed by atoms with E-state index in [-0.39, 0.29) is 35.1 Å². The molecule has 1 aliphatic rings. The number of sulfone groups is 1. The molecule has 2 heterocycles. The number of nitrogens with one attached hydrogen (secondary N) is 1. The first kappa shape index (κ1) is 17.3. The van der Waals surface area contributed by atoms with Gasteiger partial charge in [0.05, 0.1) is 11.5 Å². The van der Waals surface area contributed by atoms with E-state index in [4.69, 9.17) is 0 Å². The molecule has 1 aliphatic heterocycles. The minimum absolute atomic E-state index is 0.0719. The zero-order chi connectivity index (χ0) is 17.9. The van der Waals surface area contributed by atoms with Gasteiger partial charge >= 0.3 is 0 Å². The fourth-order valence-corrected chi connectivity index (χ4v) is 4.44. The van der Waals surface area contributed by atoms with Gasteiger partial charge in [0.15, 0.2) is 9.84 Å². The normalized spacial score (nSPS) is 18.7. The van der Waals surface area contributed by atoms with Crippen molar-refractivity contribution in [2.45, 2.75) is 19.0 Å². The van der Waals surface area contributed by atoms with Crippen LogP contribution in [0.1, 0.15) is 22.5 Å². The minimum atomic E-state index is -2.98. The predicted molar refractivity (Wildman–Crippen MR) is 95.0 cm³/mol. The van der Waals surface area contributed by atoms with Crippen LogP contribution in [0, 0.1) is 0 Å². The van der Waals surface area contributed by atoms with Crippen molar-refractivity contribution in [2.75, 3.05) is 23.9 Å². The number of carbonyl (C=O) groups is 1. The smallest absolute Gasteiger partial charge is 0.272 e. The molecule has 1 saturated heterocycles. The first-order chi connectivity index (χ1) is 11.9. The standard InChI is InChI=1S/C17H20N4O3S/c1-21(11-13-5-3-2-4-6-13)16(22)15-7-9-18-17(20-15)19-14-8-10-25(23,24)12-14/h2-7,9,14H,8,10-12H2,1H3,(H,18,19,20). The lowest BCUT2D eigenvalue weighted by Gasteiger charge is -2.17. The second-order valence-electron chi connectivity index (χ2n) is 6.16. The van der Waals surface area contributed by atoms with Gasteiger partial charge in [-0.25, -0.2) is 18.4 Å². The minimum Gasteiger partial charge on any atom is -0.350 e. The molecule has 0 saturated carbocycles. The summed E-state index contributed by atoms with van der Waals surface area (Å²) in [7, 11) is -1.27. The molecule has 0 spiro atoms. The van der Waals surface area contributed by atoms with Crippen LogP contribution in [0.3, 0.4) is 0 Å². The third-order valence-electron chi connectivity index (χ3n) is 4.05. The fraction of sp³-hybridized carbons (Fsp3) is 0.353. The van der Waals surface area contributed by atoms with Gasteiger partial charge in [0.1, 0.15) is 5.69 Å². The number of aromatic nitrogens is 2. The summed E-state index contributed by atoms with van der Waals surface area (Å²) in [5.74, 6) is 0.306. The second kappa shape index (κ2) is 7.18. The summed E-state index contributed by atoms with van der Waals surface area (Å²) in [6.45, 7) is 0.479. The molecule has 0 aliphatic carbocycles. The quantitative estimate of drug-likeness (QED) is 0.865. The summed E-state index contributed by atoms with van der Waals surface area (Å²) in [5.41, 5.74) is 1.30. The summed E-state index contributed by atoms with van der Waals surface area (Å²) in [5, 5.41) is 3.01. The molecule has 8 heteroatoms. The van der Waals surface area contributed by atoms with Crippen molar-refractivity contribution < 1.29 is 13.2 Å². The molecular formula is C17H20N4O3S. The molecule has 1 unspecified atom stereocenters. The van der Waals surface area contributed by atoms with E-state index in [0.29, 0.717) is 13.0 Å². The van der Waals surface area contributed by atoms with Crippen LogP contribution in [0.4, 0.5) is 5.95 Å². The van der Waals surface area contributed by atoms with Crippen LogP contribution < -0.4 is 5.32 Å². The highest BCUT2D eigenvalue weighted by molar-refractivity contribution is 7.91. The van der Waals surface area contributed by atoms with E-state index in [1.807, 2.05) is 30.3 Å². The molecule has 1 fully saturated rings. The zero-order valence-corrected chi connectivity index (χ0v) is 14.7. The van der Waals surface area contributed by atoms with Gasteiger partial charge < -0.3 is 10.2 Å². The van der Waals surface area contributed by atoms with Gasteiger partial charge in [-0.1, -0.05) is 30.3 Å². The van der Waals surface area contributed by atoms with Crippen molar-refractivity contribution in [3.63, 3.8) is 0 Å². The number of amides is 1. The Morgan fingerprint density at radius 3 is 2.72 bits per heavy atom. The maximum Gasteiger partial charge on any atom is 0.272 e. The highest BCUT2D eigenvalue weighted by atomic mass is 32.2. The van der Waals surface area contributed by atoms with Crippen LogP contribution in [-0.4, -0.2) is 53.8 Å². The van der Waals surface area contributed by atoms with Crippen molar-refractivity contribution >= 4 is 21.7 Å². The number of hydrogen-bond acceptors (Lipinski definition) is 6. The Kier molecular flexibility index (Phi) is 4.98. The maximum absolute atomic E-state index is 12.6. The Hall–Kier alpha value is -2.48. The van der Waals surface area contributed by atoms with E-state index in [1.54, 1.807) is 18.0 Å². The van der Waals surface area contributed by atoms with Gasteiger partial charge in [0, 0.05) is 25.8 Å². The fourth-order valence-electron chi connectivity index (χ4n) is 2.76. The number of carbonyl (C=O) groups excluding carboxylic acids is 1. The van der Waals surface area contributed by atoms with Crippen molar-refractivity contribution in [2.24, 2.45) is 0 Å². The summed E-state index contributed by atoms with van der Waals surface area (Å²) < 4.78 is 23.1. The molecular weight excluding hydrogens is 340 g/mol. The monoisotopic (exact) mass is 360 g/mol. The Balaban J connectivity index is 1.67. The molecule has 132 valence electrons. The lowest BCUT2D eigenvalue weighted by Crippen LogP contribution is -2.28. The zero-order valence-electron chi connectivity index (χ0n) is 13.9. The van der Waals surface area contributed by atoms with Crippen LogP contribution in [0.5, 0.6) is 0 Å². The molecule has 7 nitrogen and oxygen atoms in total. The number of nitrogens with zero attached hydrogens (tertiary/aromatic N) is 3. The SMILES string of the molecule is CN(Cc1ccccc1)C(=O)c1ccnc(NC2CCS(=O)(=O)C2)n1. The van der Waals surface area contributed by atoms with E-state index in [2.05, 4.69) is 15.3 Å². The second-order valence-corrected chi connectivity index (χ2v) is 8.39. The highest BCUT2D eigenvalue weighted by Crippen LogP contribution is 2.15. The molecule has 1 aromatic heterocycles. The van der Waals surface area contributed by atoms with Crippen LogP contribution >= 0.6 is 0 Å². The molecule has 1 N–H and O–H groups in total. The predicted octanol–water partition coefficient (Wildman–Crippen LogP) is 1.35. The van der Waals surface area contributed by atoms with Crippen LogP contribution in [0.15, 0.2) is 42.6 Å². The van der Waals surface area contributed by atoms with Crippen molar-refractivity contribution in [3.05, 3.63) is 53.9 Å². The van der Waals surface area contributed by atoms with Gasteiger partial charge in [-0.3, -0.25) is 4.79 Å². The summed E-state index contributed by atoms with van der Waals surface area (Å²) in [4.78, 5) is 22.5. The summed E-state index contributed by atoms with van der Waals surface area (Å²) >= 11 is 0. The van der Waals surface area contributed by atoms with Crippen LogP contribution in [0.25, 0.3) is 0 Å². The third-order valence-corrected chi connectivity index (χ3v) is 5.82. The van der Waals surface area contributed by atoms with E-state index in [0.717, 1.165) is 5.56 Å². The van der Waals surface area contributed by atoms with E-state index in [9.17, 15) is 13.2 Å². The lowest BCUT2D eigenvalue weighted by atomic mass is 10.2. The Labute approximate surface area is 147 Å². The molecule has 0 radical (unpaired) electrons. The molecule has 1 atom stereocenters. The number of anilines is 1. The Bertz CT molecular complexity index is 855. The average Bonchev–Trinajstić information content (AvgIpc) is 2.94. The van der Waals surface area contributed by atoms with Crippen LogP contribution in [0.2, 0.25) is 0 Å². The van der Waals surface area contributed by atoms with Crippen molar-refractivity contribution in [1.82, 2.24) is 14.9 Å². The largest absolute Gasteiger partial charge is 0.350 e. The molecule has 1 amide bonds. The Morgan fingerprint density at radius 2 is 2.04 bits per heavy atom. The molecule has 25 heavy (non-hydrogen) atoms. The highest BCUT2D eigenvalue weighted by Gasteiger charge is 2.28. The van der Waals surface area contributed by atoms with Gasteiger partial charge in [-0.15, -0.1) is 0 Å². The first-order valence-electron chi connectivity index (χ1n) is 8.02. The number of benzene rings is 1. The maximum atomic E-state index is 12.6. The van der Waals surface area contributed by atoms with Crippen LogP contribution in [-0.2, 0) is 16.4 Å². The van der Waals surface area contributed by atoms with Gasteiger partial charge in [0.25, 0.3) is 5.91 Å². The van der Waals surface area contributed by atoms with E-state index >= 15 is 0 Å².